The molecule has 1 fully saturated rings. The van der Waals surface area contributed by atoms with Gasteiger partial charge in [0.05, 0.1) is 0 Å². The Morgan fingerprint density at radius 2 is 2.08 bits per heavy atom. The normalized spacial score (nSPS) is 22.8. The van der Waals surface area contributed by atoms with E-state index >= 15 is 0 Å². The van der Waals surface area contributed by atoms with E-state index in [1.54, 1.807) is 0 Å². The number of likely N-dealkylation sites (tertiary alicyclic amines) is 1. The second-order valence-electron chi connectivity index (χ2n) is 8.13. The number of nitrogens with one attached hydrogen (secondary N) is 2. The highest BCUT2D eigenvalue weighted by Gasteiger charge is 2.31. The van der Waals surface area contributed by atoms with Crippen LogP contribution in [0.5, 0.6) is 0 Å². The lowest BCUT2D eigenvalue weighted by molar-refractivity contribution is 0.265. The molecule has 0 aliphatic carbocycles. The maximum Gasteiger partial charge on any atom is 0.191 e. The van der Waals surface area contributed by atoms with Crippen LogP contribution < -0.4 is 10.6 Å². The Hall–Kier alpha value is -1.62. The minimum absolute atomic E-state index is 0.382. The van der Waals surface area contributed by atoms with Crippen molar-refractivity contribution in [3.63, 3.8) is 0 Å². The fraction of sp³-hybridized carbons (Fsp3) is 0.714. The van der Waals surface area contributed by atoms with Crippen molar-refractivity contribution in [2.45, 2.75) is 59.5 Å². The van der Waals surface area contributed by atoms with E-state index in [2.05, 4.69) is 68.1 Å². The molecular weight excluding hydrogens is 322 g/mol. The molecule has 5 nitrogen and oxygen atoms in total. The smallest absolute Gasteiger partial charge is 0.191 e. The molecule has 0 amide bonds. The van der Waals surface area contributed by atoms with Crippen LogP contribution in [0.2, 0.25) is 0 Å². The molecule has 3 atom stereocenters. The van der Waals surface area contributed by atoms with Crippen molar-refractivity contribution in [1.29, 1.82) is 0 Å². The molecule has 2 N–H and O–H groups in total. The second-order valence-corrected chi connectivity index (χ2v) is 8.13. The minimum atomic E-state index is 0.382. The first kappa shape index (κ1) is 20.7. The quantitative estimate of drug-likeness (QED) is 0.580. The van der Waals surface area contributed by atoms with Crippen LogP contribution in [0, 0.1) is 11.8 Å². The van der Waals surface area contributed by atoms with E-state index in [-0.39, 0.29) is 0 Å². The number of rotatable bonds is 7. The lowest BCUT2D eigenvalue weighted by atomic mass is 9.89. The van der Waals surface area contributed by atoms with Gasteiger partial charge in [0.1, 0.15) is 0 Å². The van der Waals surface area contributed by atoms with Crippen molar-refractivity contribution in [2.24, 2.45) is 16.8 Å². The Kier molecular flexibility index (Phi) is 7.88. The van der Waals surface area contributed by atoms with Gasteiger partial charge in [-0.3, -0.25) is 14.9 Å². The van der Waals surface area contributed by atoms with Gasteiger partial charge in [-0.05, 0) is 44.2 Å². The number of aliphatic imine (C=N–C) groups is 1. The van der Waals surface area contributed by atoms with Crippen LogP contribution in [-0.2, 0) is 0 Å². The Labute approximate surface area is 159 Å². The van der Waals surface area contributed by atoms with Gasteiger partial charge in [0.25, 0.3) is 0 Å². The third-order valence-corrected chi connectivity index (χ3v) is 5.40. The number of nitrogens with zero attached hydrogens (tertiary/aromatic N) is 3. The van der Waals surface area contributed by atoms with Crippen molar-refractivity contribution in [3.8, 4) is 0 Å². The average Bonchev–Trinajstić information content (AvgIpc) is 2.97. The summed E-state index contributed by atoms with van der Waals surface area (Å²) in [5, 5.41) is 7.10. The topological polar surface area (TPSA) is 52.6 Å². The molecule has 5 heteroatoms. The summed E-state index contributed by atoms with van der Waals surface area (Å²) >= 11 is 0. The summed E-state index contributed by atoms with van der Waals surface area (Å²) in [6.07, 6.45) is 3.80. The van der Waals surface area contributed by atoms with Crippen molar-refractivity contribution in [2.75, 3.05) is 26.2 Å². The first-order valence-electron chi connectivity index (χ1n) is 10.1. The number of hydrogen-bond acceptors (Lipinski definition) is 3. The van der Waals surface area contributed by atoms with E-state index in [9.17, 15) is 0 Å². The van der Waals surface area contributed by atoms with Crippen LogP contribution in [0.25, 0.3) is 0 Å². The molecule has 0 aromatic carbocycles. The molecule has 0 bridgehead atoms. The summed E-state index contributed by atoms with van der Waals surface area (Å²) in [4.78, 5) is 11.8. The summed E-state index contributed by atoms with van der Waals surface area (Å²) in [6, 6.07) is 5.22. The van der Waals surface area contributed by atoms with Gasteiger partial charge in [-0.15, -0.1) is 0 Å². The molecule has 1 aliphatic heterocycles. The molecule has 1 saturated heterocycles. The predicted molar refractivity (Wildman–Crippen MR) is 111 cm³/mol. The lowest BCUT2D eigenvalue weighted by Crippen LogP contribution is -2.47. The highest BCUT2D eigenvalue weighted by molar-refractivity contribution is 5.80. The van der Waals surface area contributed by atoms with Crippen LogP contribution in [0.3, 0.4) is 0 Å². The Morgan fingerprint density at radius 3 is 2.62 bits per heavy atom. The van der Waals surface area contributed by atoms with E-state index in [1.165, 1.54) is 5.56 Å². The van der Waals surface area contributed by atoms with E-state index in [4.69, 9.17) is 4.99 Å². The minimum Gasteiger partial charge on any atom is -0.357 e. The summed E-state index contributed by atoms with van der Waals surface area (Å²) < 4.78 is 0. The average molecular weight is 360 g/mol. The number of hydrogen-bond donors (Lipinski definition) is 2. The molecule has 0 saturated carbocycles. The SMILES string of the molecule is CCNC(=NCC(c1cccnc1)C(C)C)NC1CN(C(C)C)CC1C. The van der Waals surface area contributed by atoms with Crippen molar-refractivity contribution < 1.29 is 0 Å². The fourth-order valence-electron chi connectivity index (χ4n) is 3.60. The van der Waals surface area contributed by atoms with Crippen LogP contribution in [-0.4, -0.2) is 54.1 Å². The number of guanidine groups is 1. The van der Waals surface area contributed by atoms with E-state index in [0.717, 1.165) is 32.1 Å². The van der Waals surface area contributed by atoms with Gasteiger partial charge in [-0.25, -0.2) is 0 Å². The van der Waals surface area contributed by atoms with Gasteiger partial charge >= 0.3 is 0 Å². The maximum absolute atomic E-state index is 4.93. The Morgan fingerprint density at radius 1 is 1.31 bits per heavy atom. The first-order chi connectivity index (χ1) is 12.4. The highest BCUT2D eigenvalue weighted by Crippen LogP contribution is 2.24. The molecule has 0 radical (unpaired) electrons. The molecule has 3 unspecified atom stereocenters. The third-order valence-electron chi connectivity index (χ3n) is 5.40. The Bertz CT molecular complexity index is 555. The van der Waals surface area contributed by atoms with Crippen LogP contribution in [0.1, 0.15) is 53.0 Å². The third kappa shape index (κ3) is 5.70. The molecule has 26 heavy (non-hydrogen) atoms. The molecule has 2 rings (SSSR count). The standard InChI is InChI=1S/C21H37N5/c1-7-23-21(25-20-14-26(16(4)5)13-17(20)6)24-12-19(15(2)3)18-9-8-10-22-11-18/h8-11,15-17,19-20H,7,12-14H2,1-6H3,(H2,23,24,25). The zero-order valence-electron chi connectivity index (χ0n) is 17.4. The monoisotopic (exact) mass is 359 g/mol. The largest absolute Gasteiger partial charge is 0.357 e. The molecule has 146 valence electrons. The number of pyridine rings is 1. The molecule has 1 aromatic rings. The van der Waals surface area contributed by atoms with E-state index in [0.29, 0.717) is 29.8 Å². The van der Waals surface area contributed by atoms with Crippen molar-refractivity contribution in [1.82, 2.24) is 20.5 Å². The van der Waals surface area contributed by atoms with Crippen LogP contribution >= 0.6 is 0 Å². The van der Waals surface area contributed by atoms with Crippen LogP contribution in [0.15, 0.2) is 29.5 Å². The predicted octanol–water partition coefficient (Wildman–Crippen LogP) is 3.11. The van der Waals surface area contributed by atoms with Gasteiger partial charge in [0, 0.05) is 56.6 Å². The van der Waals surface area contributed by atoms with E-state index in [1.807, 2.05) is 18.5 Å². The van der Waals surface area contributed by atoms with Crippen LogP contribution in [0.4, 0.5) is 0 Å². The summed E-state index contributed by atoms with van der Waals surface area (Å²) in [5.74, 6) is 2.46. The Balaban J connectivity index is 2.05. The molecule has 1 aliphatic rings. The summed E-state index contributed by atoms with van der Waals surface area (Å²) in [5.41, 5.74) is 1.27. The van der Waals surface area contributed by atoms with Gasteiger partial charge in [-0.1, -0.05) is 26.8 Å². The first-order valence-corrected chi connectivity index (χ1v) is 10.1. The fourth-order valence-corrected chi connectivity index (χ4v) is 3.60. The zero-order chi connectivity index (χ0) is 19.1. The van der Waals surface area contributed by atoms with Crippen molar-refractivity contribution >= 4 is 5.96 Å². The lowest BCUT2D eigenvalue weighted by Gasteiger charge is -2.23. The van der Waals surface area contributed by atoms with E-state index < -0.39 is 0 Å². The molecule has 2 heterocycles. The van der Waals surface area contributed by atoms with Gasteiger partial charge in [-0.2, -0.15) is 0 Å². The molecule has 0 spiro atoms. The zero-order valence-corrected chi connectivity index (χ0v) is 17.4. The van der Waals surface area contributed by atoms with Gasteiger partial charge in [0.2, 0.25) is 0 Å². The maximum atomic E-state index is 4.93. The molecular formula is C21H37N5. The number of aromatic nitrogens is 1. The highest BCUT2D eigenvalue weighted by atomic mass is 15.3. The van der Waals surface area contributed by atoms with Gasteiger partial charge in [0.15, 0.2) is 5.96 Å². The summed E-state index contributed by atoms with van der Waals surface area (Å²) in [7, 11) is 0. The summed E-state index contributed by atoms with van der Waals surface area (Å²) in [6.45, 7) is 17.4. The van der Waals surface area contributed by atoms with Gasteiger partial charge < -0.3 is 10.6 Å². The van der Waals surface area contributed by atoms with Crippen molar-refractivity contribution in [3.05, 3.63) is 30.1 Å². The molecule has 1 aromatic heterocycles. The second kappa shape index (κ2) is 9.91.